The van der Waals surface area contributed by atoms with E-state index < -0.39 is 0 Å². The maximum absolute atomic E-state index is 9.36. The highest BCUT2D eigenvalue weighted by atomic mass is 79.9. The number of benzene rings is 1. The van der Waals surface area contributed by atoms with Crippen LogP contribution < -0.4 is 0 Å². The number of aromatic hydroxyl groups is 1. The molecule has 0 atom stereocenters. The van der Waals surface area contributed by atoms with Gasteiger partial charge >= 0.3 is 0 Å². The zero-order chi connectivity index (χ0) is 8.97. The number of halogens is 1. The molecule has 0 radical (unpaired) electrons. The van der Waals surface area contributed by atoms with Gasteiger partial charge in [0.25, 0.3) is 0 Å². The van der Waals surface area contributed by atoms with Gasteiger partial charge < -0.3 is 10.2 Å². The van der Waals surface area contributed by atoms with Gasteiger partial charge in [-0.15, -0.1) is 0 Å². The summed E-state index contributed by atoms with van der Waals surface area (Å²) in [6, 6.07) is 5.21. The predicted octanol–water partition coefficient (Wildman–Crippen LogP) is 2.16. The third-order valence-corrected chi connectivity index (χ3v) is 1.89. The first-order valence-corrected chi connectivity index (χ1v) is 4.29. The molecule has 0 aliphatic heterocycles. The highest BCUT2D eigenvalue weighted by molar-refractivity contribution is 9.10. The number of aliphatic hydroxyl groups excluding tert-OH is 1. The van der Waals surface area contributed by atoms with Gasteiger partial charge in [0.1, 0.15) is 5.75 Å². The van der Waals surface area contributed by atoms with Gasteiger partial charge in [-0.1, -0.05) is 34.1 Å². The highest BCUT2D eigenvalue weighted by Crippen LogP contribution is 2.22. The van der Waals surface area contributed by atoms with Crippen molar-refractivity contribution in [2.24, 2.45) is 0 Å². The fraction of sp³-hybridized carbons (Fsp3) is 0.111. The van der Waals surface area contributed by atoms with Gasteiger partial charge in [-0.05, 0) is 12.1 Å². The zero-order valence-electron chi connectivity index (χ0n) is 6.37. The number of phenolic OH excluding ortho intramolecular Hbond substituents is 1. The van der Waals surface area contributed by atoms with Crippen molar-refractivity contribution in [3.05, 3.63) is 34.3 Å². The van der Waals surface area contributed by atoms with Crippen molar-refractivity contribution in [3.8, 4) is 5.75 Å². The van der Waals surface area contributed by atoms with Crippen molar-refractivity contribution in [2.75, 3.05) is 6.61 Å². The molecule has 1 aromatic carbocycles. The molecule has 3 heteroatoms. The van der Waals surface area contributed by atoms with Crippen LogP contribution in [0.4, 0.5) is 0 Å². The first-order valence-electron chi connectivity index (χ1n) is 3.50. The van der Waals surface area contributed by atoms with E-state index in [0.717, 1.165) is 4.47 Å². The Balaban J connectivity index is 2.94. The van der Waals surface area contributed by atoms with Crippen LogP contribution in [0.1, 0.15) is 5.56 Å². The first-order chi connectivity index (χ1) is 5.74. The van der Waals surface area contributed by atoms with Crippen LogP contribution in [0.2, 0.25) is 0 Å². The fourth-order valence-corrected chi connectivity index (χ4v) is 1.19. The molecule has 0 amide bonds. The molecule has 0 saturated heterocycles. The average molecular weight is 229 g/mol. The van der Waals surface area contributed by atoms with Crippen LogP contribution >= 0.6 is 15.9 Å². The minimum absolute atomic E-state index is 0.0183. The normalized spacial score (nSPS) is 10.8. The van der Waals surface area contributed by atoms with Crippen molar-refractivity contribution >= 4 is 22.0 Å². The van der Waals surface area contributed by atoms with Crippen LogP contribution in [0.15, 0.2) is 28.7 Å². The van der Waals surface area contributed by atoms with E-state index in [2.05, 4.69) is 15.9 Å². The molecule has 0 saturated carbocycles. The lowest BCUT2D eigenvalue weighted by atomic mass is 10.2. The van der Waals surface area contributed by atoms with E-state index in [-0.39, 0.29) is 12.4 Å². The summed E-state index contributed by atoms with van der Waals surface area (Å²) in [5.41, 5.74) is 0.701. The number of phenols is 1. The molecular formula is C9H9BrO2. The number of aliphatic hydroxyl groups is 1. The van der Waals surface area contributed by atoms with E-state index in [1.807, 2.05) is 6.07 Å². The summed E-state index contributed by atoms with van der Waals surface area (Å²) in [4.78, 5) is 0. The fourth-order valence-electron chi connectivity index (χ4n) is 0.837. The lowest BCUT2D eigenvalue weighted by molar-refractivity contribution is 0.343. The van der Waals surface area contributed by atoms with Gasteiger partial charge in [-0.3, -0.25) is 0 Å². The average Bonchev–Trinajstić information content (AvgIpc) is 2.03. The second kappa shape index (κ2) is 4.28. The second-order valence-electron chi connectivity index (χ2n) is 2.29. The minimum Gasteiger partial charge on any atom is -0.507 e. The smallest absolute Gasteiger partial charge is 0.123 e. The Hall–Kier alpha value is -0.800. The molecule has 0 aliphatic carbocycles. The Labute approximate surface area is 79.3 Å². The van der Waals surface area contributed by atoms with Gasteiger partial charge in [-0.25, -0.2) is 0 Å². The van der Waals surface area contributed by atoms with Crippen LogP contribution in [0.5, 0.6) is 5.75 Å². The van der Waals surface area contributed by atoms with E-state index in [0.29, 0.717) is 5.56 Å². The third-order valence-electron chi connectivity index (χ3n) is 1.40. The third kappa shape index (κ3) is 2.36. The van der Waals surface area contributed by atoms with Gasteiger partial charge in [0, 0.05) is 10.0 Å². The Kier molecular flexibility index (Phi) is 3.31. The standard InChI is InChI=1S/C9H9BrO2/c10-8-4-3-7(2-1-5-11)9(12)6-8/h1-4,6,11-12H,5H2. The van der Waals surface area contributed by atoms with Crippen molar-refractivity contribution < 1.29 is 10.2 Å². The minimum atomic E-state index is -0.0183. The van der Waals surface area contributed by atoms with Crippen LogP contribution in [0.3, 0.4) is 0 Å². The largest absolute Gasteiger partial charge is 0.507 e. The summed E-state index contributed by atoms with van der Waals surface area (Å²) in [6.07, 6.45) is 3.24. The Morgan fingerprint density at radius 2 is 2.17 bits per heavy atom. The quantitative estimate of drug-likeness (QED) is 0.815. The lowest BCUT2D eigenvalue weighted by Crippen LogP contribution is -1.76. The summed E-state index contributed by atoms with van der Waals surface area (Å²) in [5.74, 6) is 0.203. The lowest BCUT2D eigenvalue weighted by Gasteiger charge is -1.98. The molecule has 0 unspecified atom stereocenters. The molecule has 2 N–H and O–H groups in total. The molecule has 0 fully saturated rings. The van der Waals surface area contributed by atoms with Gasteiger partial charge in [-0.2, -0.15) is 0 Å². The Bertz CT molecular complexity index is 295. The van der Waals surface area contributed by atoms with Crippen molar-refractivity contribution in [3.63, 3.8) is 0 Å². The topological polar surface area (TPSA) is 40.5 Å². The zero-order valence-corrected chi connectivity index (χ0v) is 7.95. The number of rotatable bonds is 2. The van der Waals surface area contributed by atoms with Crippen LogP contribution in [0.25, 0.3) is 6.08 Å². The maximum atomic E-state index is 9.36. The van der Waals surface area contributed by atoms with Gasteiger partial charge in [0.2, 0.25) is 0 Å². The Morgan fingerprint density at radius 1 is 1.42 bits per heavy atom. The van der Waals surface area contributed by atoms with Crippen LogP contribution in [0, 0.1) is 0 Å². The molecule has 1 rings (SSSR count). The van der Waals surface area contributed by atoms with E-state index >= 15 is 0 Å². The SMILES string of the molecule is OCC=Cc1ccc(Br)cc1O. The van der Waals surface area contributed by atoms with Crippen molar-refractivity contribution in [2.45, 2.75) is 0 Å². The molecule has 1 aromatic rings. The molecular weight excluding hydrogens is 220 g/mol. The van der Waals surface area contributed by atoms with Gasteiger partial charge in [0.05, 0.1) is 6.61 Å². The predicted molar refractivity (Wildman–Crippen MR) is 51.9 cm³/mol. The molecule has 0 aromatic heterocycles. The molecule has 64 valence electrons. The van der Waals surface area contributed by atoms with Gasteiger partial charge in [0.15, 0.2) is 0 Å². The van der Waals surface area contributed by atoms with Crippen LogP contribution in [-0.2, 0) is 0 Å². The monoisotopic (exact) mass is 228 g/mol. The summed E-state index contributed by atoms with van der Waals surface area (Å²) in [6.45, 7) is -0.0183. The van der Waals surface area contributed by atoms with E-state index in [4.69, 9.17) is 5.11 Å². The van der Waals surface area contributed by atoms with Crippen LogP contribution in [-0.4, -0.2) is 16.8 Å². The summed E-state index contributed by atoms with van der Waals surface area (Å²) < 4.78 is 0.834. The van der Waals surface area contributed by atoms with E-state index in [1.165, 1.54) is 0 Å². The first kappa shape index (κ1) is 9.29. The summed E-state index contributed by atoms with van der Waals surface area (Å²) in [5, 5.41) is 17.9. The number of hydrogen-bond acceptors (Lipinski definition) is 2. The molecule has 0 bridgehead atoms. The number of hydrogen-bond donors (Lipinski definition) is 2. The van der Waals surface area contributed by atoms with E-state index in [9.17, 15) is 5.11 Å². The molecule has 12 heavy (non-hydrogen) atoms. The Morgan fingerprint density at radius 3 is 2.75 bits per heavy atom. The molecule has 0 aliphatic rings. The summed E-state index contributed by atoms with van der Waals surface area (Å²) in [7, 11) is 0. The molecule has 0 spiro atoms. The van der Waals surface area contributed by atoms with Crippen molar-refractivity contribution in [1.82, 2.24) is 0 Å². The summed E-state index contributed by atoms with van der Waals surface area (Å²) >= 11 is 3.23. The molecule has 2 nitrogen and oxygen atoms in total. The highest BCUT2D eigenvalue weighted by Gasteiger charge is 1.96. The van der Waals surface area contributed by atoms with Crippen molar-refractivity contribution in [1.29, 1.82) is 0 Å². The second-order valence-corrected chi connectivity index (χ2v) is 3.20. The maximum Gasteiger partial charge on any atom is 0.123 e. The molecule has 0 heterocycles. The van der Waals surface area contributed by atoms with E-state index in [1.54, 1.807) is 24.3 Å².